The Bertz CT molecular complexity index is 1550. The molecule has 0 fully saturated rings. The lowest BCUT2D eigenvalue weighted by molar-refractivity contribution is 0.464. The van der Waals surface area contributed by atoms with Gasteiger partial charge >= 0.3 is 0 Å². The molecule has 0 amide bonds. The van der Waals surface area contributed by atoms with E-state index in [9.17, 15) is 5.11 Å². The molecule has 1 aromatic carbocycles. The zero-order valence-electron chi connectivity index (χ0n) is 16.2. The molecule has 2 nitrogen and oxygen atoms in total. The first kappa shape index (κ1) is 24.5. The Morgan fingerprint density at radius 2 is 1.03 bits per heavy atom. The fraction of sp³-hybridized carbons (Fsp3) is 0.0345. The maximum Gasteiger partial charge on any atom is 0.144 e. The van der Waals surface area contributed by atoms with Crippen LogP contribution in [0.5, 0.6) is 11.5 Å². The summed E-state index contributed by atoms with van der Waals surface area (Å²) in [5.74, 6) is 49.6. The molecular weight excluding hydrogens is 460 g/mol. The third-order valence-electron chi connectivity index (χ3n) is 2.52. The summed E-state index contributed by atoms with van der Waals surface area (Å²) in [7, 11) is 0. The number of hydrogen-bond acceptors (Lipinski definition) is 2. The van der Waals surface area contributed by atoms with Gasteiger partial charge < -0.3 is 9.84 Å². The number of aromatic hydroxyl groups is 1. The van der Waals surface area contributed by atoms with Gasteiger partial charge in [0.2, 0.25) is 0 Å². The normalized spacial score (nSPS) is 5.88. The molecule has 0 saturated heterocycles. The molecule has 1 N–H and O–H groups in total. The molecule has 0 unspecified atom stereocenters. The first-order valence-corrected chi connectivity index (χ1v) is 9.39. The van der Waals surface area contributed by atoms with E-state index in [0.29, 0.717) is 11.1 Å². The Morgan fingerprint density at radius 1 is 0.625 bits per heavy atom. The molecule has 0 aliphatic heterocycles. The lowest BCUT2D eigenvalue weighted by Gasteiger charge is -2.01. The molecule has 1 aromatic rings. The smallest absolute Gasteiger partial charge is 0.144 e. The van der Waals surface area contributed by atoms with Crippen molar-refractivity contribution in [1.82, 2.24) is 0 Å². The Hall–Kier alpha value is -5.54. The number of hydrogen-bond donors (Lipinski definition) is 1. The highest BCUT2D eigenvalue weighted by molar-refractivity contribution is 9.08. The molecule has 0 heterocycles. The molecule has 0 aliphatic rings. The van der Waals surface area contributed by atoms with Gasteiger partial charge in [-0.3, -0.25) is 0 Å². The van der Waals surface area contributed by atoms with Crippen molar-refractivity contribution < 1.29 is 9.84 Å². The molecule has 0 aliphatic carbocycles. The zero-order valence-corrected chi connectivity index (χ0v) is 17.8. The summed E-state index contributed by atoms with van der Waals surface area (Å²) in [6, 6.07) is 4.81. The van der Waals surface area contributed by atoms with Crippen LogP contribution in [0, 0.1) is 131 Å². The Kier molecular flexibility index (Phi) is 13.4. The highest BCUT2D eigenvalue weighted by Crippen LogP contribution is 2.22. The second kappa shape index (κ2) is 17.6. The molecule has 3 heteroatoms. The van der Waals surface area contributed by atoms with Gasteiger partial charge in [0.05, 0.1) is 0 Å². The Morgan fingerprint density at radius 3 is 1.44 bits per heavy atom. The summed E-state index contributed by atoms with van der Waals surface area (Å²) in [6.45, 7) is 0. The minimum atomic E-state index is 0.0931. The van der Waals surface area contributed by atoms with Crippen molar-refractivity contribution in [2.24, 2.45) is 0 Å². The van der Waals surface area contributed by atoms with E-state index in [2.05, 4.69) is 140 Å². The Labute approximate surface area is 197 Å². The number of alkyl halides is 1. The lowest BCUT2D eigenvalue weighted by Crippen LogP contribution is -1.85. The van der Waals surface area contributed by atoms with Crippen molar-refractivity contribution in [3.63, 3.8) is 0 Å². The topological polar surface area (TPSA) is 29.5 Å². The van der Waals surface area contributed by atoms with E-state index in [1.165, 1.54) is 6.07 Å². The fourth-order valence-electron chi connectivity index (χ4n) is 1.46. The van der Waals surface area contributed by atoms with Crippen LogP contribution in [0.3, 0.4) is 0 Å². The number of phenolic OH excluding ortho intramolecular Hbond substituents is 1. The number of benzene rings is 1. The van der Waals surface area contributed by atoms with Gasteiger partial charge in [-0.2, -0.15) is 0 Å². The summed E-state index contributed by atoms with van der Waals surface area (Å²) in [6.07, 6.45) is 7.33. The number of terminal acetylenes is 1. The third kappa shape index (κ3) is 13.6. The minimum Gasteiger partial charge on any atom is -0.508 e. The fourth-order valence-corrected chi connectivity index (χ4v) is 1.78. The van der Waals surface area contributed by atoms with Crippen molar-refractivity contribution in [3.8, 4) is 142 Å². The number of ether oxygens (including phenoxy) is 1. The van der Waals surface area contributed by atoms with E-state index in [0.717, 1.165) is 5.56 Å². The molecule has 1 rings (SSSR count). The first-order valence-electron chi connectivity index (χ1n) is 8.27. The van der Waals surface area contributed by atoms with Crippen LogP contribution in [0.25, 0.3) is 0 Å². The molecule has 142 valence electrons. The molecule has 0 atom stereocenters. The predicted octanol–water partition coefficient (Wildman–Crippen LogP) is 2.29. The van der Waals surface area contributed by atoms with Crippen molar-refractivity contribution in [2.45, 2.75) is 5.33 Å². The van der Waals surface area contributed by atoms with Crippen LogP contribution in [0.2, 0.25) is 0 Å². The molecule has 32 heavy (non-hydrogen) atoms. The summed E-state index contributed by atoms with van der Waals surface area (Å²) >= 11 is 3.30. The molecule has 0 bridgehead atoms. The van der Waals surface area contributed by atoms with Crippen molar-refractivity contribution in [3.05, 3.63) is 23.8 Å². The minimum absolute atomic E-state index is 0.0931. The maximum absolute atomic E-state index is 9.55. The average molecular weight is 467 g/mol. The monoisotopic (exact) mass is 466 g/mol. The van der Waals surface area contributed by atoms with Gasteiger partial charge in [0, 0.05) is 82.4 Å². The standard InChI is InChI=1S/C29H7BrO2/c1-2-3-4-5-6-7-8-9-10-11-12-13-14-15-16-17-18-19-20-21-22-32-29-24-27(26-30)23-28(31)25-29/h1,23-25,31H,26H2. The van der Waals surface area contributed by atoms with E-state index in [1.807, 2.05) is 0 Å². The van der Waals surface area contributed by atoms with Gasteiger partial charge in [0.1, 0.15) is 17.6 Å². The van der Waals surface area contributed by atoms with Gasteiger partial charge in [0.15, 0.2) is 0 Å². The molecular formula is C29H7BrO2. The molecule has 0 aromatic heterocycles. The lowest BCUT2D eigenvalue weighted by atomic mass is 10.2. The first-order chi connectivity index (χ1) is 15.8. The van der Waals surface area contributed by atoms with Crippen LogP contribution in [0.4, 0.5) is 0 Å². The largest absolute Gasteiger partial charge is 0.508 e. The van der Waals surface area contributed by atoms with Gasteiger partial charge in [-0.25, -0.2) is 0 Å². The highest BCUT2D eigenvalue weighted by atomic mass is 79.9. The average Bonchev–Trinajstić information content (AvgIpc) is 2.79. The summed E-state index contributed by atoms with van der Waals surface area (Å²) in [5.41, 5.74) is 0.860. The van der Waals surface area contributed by atoms with E-state index in [1.54, 1.807) is 12.1 Å². The van der Waals surface area contributed by atoms with E-state index in [4.69, 9.17) is 11.2 Å². The van der Waals surface area contributed by atoms with Crippen molar-refractivity contribution in [1.29, 1.82) is 0 Å². The second-order valence-corrected chi connectivity index (χ2v) is 5.25. The summed E-state index contributed by atoms with van der Waals surface area (Å²) < 4.78 is 5.18. The van der Waals surface area contributed by atoms with Crippen LogP contribution >= 0.6 is 15.9 Å². The van der Waals surface area contributed by atoms with Crippen LogP contribution in [-0.2, 0) is 5.33 Å². The van der Waals surface area contributed by atoms with Crippen LogP contribution in [0.1, 0.15) is 5.56 Å². The van der Waals surface area contributed by atoms with Crippen molar-refractivity contribution >= 4 is 15.9 Å². The molecule has 0 saturated carbocycles. The molecule has 0 spiro atoms. The van der Waals surface area contributed by atoms with Crippen LogP contribution in [0.15, 0.2) is 18.2 Å². The number of rotatable bonds is 2. The summed E-state index contributed by atoms with van der Waals surface area (Å²) in [4.78, 5) is 0. The van der Waals surface area contributed by atoms with Crippen LogP contribution in [-0.4, -0.2) is 5.11 Å². The molecule has 0 radical (unpaired) electrons. The van der Waals surface area contributed by atoms with Gasteiger partial charge in [0.25, 0.3) is 0 Å². The second-order valence-electron chi connectivity index (χ2n) is 4.69. The highest BCUT2D eigenvalue weighted by Gasteiger charge is 1.99. The third-order valence-corrected chi connectivity index (χ3v) is 3.17. The van der Waals surface area contributed by atoms with E-state index < -0.39 is 0 Å². The SMILES string of the molecule is C#CC#CC#CC#CC#CC#CC#CC#CC#CC#CC#COc1cc(O)cc(CBr)c1. The van der Waals surface area contributed by atoms with E-state index in [-0.39, 0.29) is 5.75 Å². The van der Waals surface area contributed by atoms with Gasteiger partial charge in [-0.05, 0) is 65.1 Å². The predicted molar refractivity (Wildman–Crippen MR) is 128 cm³/mol. The number of halogens is 1. The van der Waals surface area contributed by atoms with Crippen molar-refractivity contribution in [2.75, 3.05) is 0 Å². The van der Waals surface area contributed by atoms with Crippen LogP contribution < -0.4 is 4.74 Å². The van der Waals surface area contributed by atoms with Gasteiger partial charge in [-0.1, -0.05) is 15.9 Å². The number of phenols is 1. The van der Waals surface area contributed by atoms with E-state index >= 15 is 0 Å². The summed E-state index contributed by atoms with van der Waals surface area (Å²) in [5, 5.41) is 10.1. The Balaban J connectivity index is 2.46. The van der Waals surface area contributed by atoms with Gasteiger partial charge in [-0.15, -0.1) is 6.42 Å². The quantitative estimate of drug-likeness (QED) is 0.535. The maximum atomic E-state index is 9.55. The zero-order chi connectivity index (χ0) is 23.1.